The van der Waals surface area contributed by atoms with Crippen LogP contribution in [0.4, 0.5) is 0 Å². The van der Waals surface area contributed by atoms with E-state index in [2.05, 4.69) is 16.8 Å². The van der Waals surface area contributed by atoms with Gasteiger partial charge in [0.2, 0.25) is 5.91 Å². The van der Waals surface area contributed by atoms with E-state index in [9.17, 15) is 4.79 Å². The first-order valence-corrected chi connectivity index (χ1v) is 5.75. The Labute approximate surface area is 97.3 Å². The van der Waals surface area contributed by atoms with Crippen LogP contribution in [0.1, 0.15) is 19.8 Å². The highest BCUT2D eigenvalue weighted by molar-refractivity contribution is 5.83. The van der Waals surface area contributed by atoms with Gasteiger partial charge in [-0.2, -0.15) is 0 Å². The maximum absolute atomic E-state index is 11.3. The molecule has 1 rings (SSSR count). The predicted octanol–water partition coefficient (Wildman–Crippen LogP) is 0.121. The van der Waals surface area contributed by atoms with E-state index in [-0.39, 0.29) is 12.5 Å². The summed E-state index contributed by atoms with van der Waals surface area (Å²) in [5.41, 5.74) is 5.86. The van der Waals surface area contributed by atoms with Gasteiger partial charge in [-0.25, -0.2) is 4.99 Å². The summed E-state index contributed by atoms with van der Waals surface area (Å²) in [6.07, 6.45) is 2.40. The van der Waals surface area contributed by atoms with Gasteiger partial charge in [-0.15, -0.1) is 0 Å². The Bertz CT molecular complexity index is 275. The van der Waals surface area contributed by atoms with E-state index in [0.29, 0.717) is 11.9 Å². The van der Waals surface area contributed by atoms with Gasteiger partial charge in [0.1, 0.15) is 6.54 Å². The molecule has 1 aliphatic heterocycles. The Morgan fingerprint density at radius 1 is 1.56 bits per heavy atom. The number of carbonyl (C=O) groups is 1. The highest BCUT2D eigenvalue weighted by atomic mass is 16.2. The van der Waals surface area contributed by atoms with Crippen LogP contribution in [0, 0.1) is 5.92 Å². The number of nitrogens with zero attached hydrogens (tertiary/aromatic N) is 3. The summed E-state index contributed by atoms with van der Waals surface area (Å²) >= 11 is 0. The molecule has 0 aromatic rings. The first-order valence-electron chi connectivity index (χ1n) is 5.75. The molecule has 5 heteroatoms. The van der Waals surface area contributed by atoms with Gasteiger partial charge < -0.3 is 15.5 Å². The zero-order valence-corrected chi connectivity index (χ0v) is 10.4. The van der Waals surface area contributed by atoms with Crippen molar-refractivity contribution in [1.82, 2.24) is 9.80 Å². The third kappa shape index (κ3) is 3.72. The molecule has 1 saturated heterocycles. The van der Waals surface area contributed by atoms with E-state index in [1.165, 1.54) is 11.3 Å². The number of likely N-dealkylation sites (N-methyl/N-ethyl adjacent to an activating group) is 1. The van der Waals surface area contributed by atoms with Gasteiger partial charge in [-0.1, -0.05) is 6.92 Å². The number of aliphatic imine (C=N–C) groups is 1. The quantitative estimate of drug-likeness (QED) is 0.537. The molecule has 1 aliphatic rings. The van der Waals surface area contributed by atoms with Gasteiger partial charge in [0.25, 0.3) is 0 Å². The number of hydrogen-bond acceptors (Lipinski definition) is 2. The topological polar surface area (TPSA) is 61.9 Å². The van der Waals surface area contributed by atoms with Gasteiger partial charge >= 0.3 is 0 Å². The summed E-state index contributed by atoms with van der Waals surface area (Å²) in [5, 5.41) is 0. The molecule has 0 aromatic carbocycles. The van der Waals surface area contributed by atoms with E-state index in [0.717, 1.165) is 19.5 Å². The highest BCUT2D eigenvalue weighted by Crippen LogP contribution is 2.14. The summed E-state index contributed by atoms with van der Waals surface area (Å²) in [6.45, 7) is 4.26. The summed E-state index contributed by atoms with van der Waals surface area (Å²) in [4.78, 5) is 19.1. The van der Waals surface area contributed by atoms with Crippen molar-refractivity contribution in [3.05, 3.63) is 0 Å². The van der Waals surface area contributed by atoms with E-state index >= 15 is 0 Å². The Balaban J connectivity index is 2.46. The van der Waals surface area contributed by atoms with Crippen LogP contribution in [0.5, 0.6) is 0 Å². The Kier molecular flexibility index (Phi) is 4.58. The average molecular weight is 226 g/mol. The number of nitrogens with two attached hydrogens (primary N) is 1. The van der Waals surface area contributed by atoms with Crippen LogP contribution in [0.3, 0.4) is 0 Å². The smallest absolute Gasteiger partial charge is 0.243 e. The fourth-order valence-corrected chi connectivity index (χ4v) is 1.79. The normalized spacial score (nSPS) is 22.1. The second kappa shape index (κ2) is 5.72. The van der Waals surface area contributed by atoms with E-state index < -0.39 is 0 Å². The Morgan fingerprint density at radius 2 is 2.25 bits per heavy atom. The first kappa shape index (κ1) is 12.8. The highest BCUT2D eigenvalue weighted by Gasteiger charge is 2.17. The summed E-state index contributed by atoms with van der Waals surface area (Å²) in [7, 11) is 3.44. The molecule has 5 nitrogen and oxygen atoms in total. The molecule has 1 atom stereocenters. The molecule has 1 fully saturated rings. The average Bonchev–Trinajstić information content (AvgIpc) is 2.25. The minimum absolute atomic E-state index is 0.0204. The maximum atomic E-state index is 11.3. The van der Waals surface area contributed by atoms with Crippen LogP contribution < -0.4 is 5.73 Å². The molecule has 1 amide bonds. The van der Waals surface area contributed by atoms with Crippen LogP contribution in [-0.4, -0.2) is 55.4 Å². The molecule has 0 saturated carbocycles. The number of rotatable bonds is 2. The van der Waals surface area contributed by atoms with Crippen LogP contribution in [-0.2, 0) is 4.79 Å². The fraction of sp³-hybridized carbons (Fsp3) is 0.818. The first-order chi connectivity index (χ1) is 7.50. The standard InChI is InChI=1S/C11H22N4O/c1-9-5-4-6-15(8-9)11(12)13-7-10(16)14(2)3/h9H,4-8H2,1-3H3,(H2,12,13). The third-order valence-corrected chi connectivity index (χ3v) is 2.86. The lowest BCUT2D eigenvalue weighted by atomic mass is 10.0. The lowest BCUT2D eigenvalue weighted by Gasteiger charge is -2.31. The largest absolute Gasteiger partial charge is 0.370 e. The minimum atomic E-state index is -0.0204. The minimum Gasteiger partial charge on any atom is -0.370 e. The van der Waals surface area contributed by atoms with E-state index in [1.807, 2.05) is 0 Å². The summed E-state index contributed by atoms with van der Waals surface area (Å²) in [5.74, 6) is 1.14. The van der Waals surface area contributed by atoms with Crippen molar-refractivity contribution in [3.63, 3.8) is 0 Å². The third-order valence-electron chi connectivity index (χ3n) is 2.86. The van der Waals surface area contributed by atoms with Gasteiger partial charge in [0.15, 0.2) is 5.96 Å². The number of piperidine rings is 1. The summed E-state index contributed by atoms with van der Waals surface area (Å²) < 4.78 is 0. The molecule has 0 aromatic heterocycles. The van der Waals surface area contributed by atoms with E-state index in [4.69, 9.17) is 5.73 Å². The van der Waals surface area contributed by atoms with Crippen LogP contribution in [0.25, 0.3) is 0 Å². The van der Waals surface area contributed by atoms with Gasteiger partial charge in [0.05, 0.1) is 0 Å². The molecule has 0 spiro atoms. The van der Waals surface area contributed by atoms with Crippen LogP contribution >= 0.6 is 0 Å². The summed E-state index contributed by atoms with van der Waals surface area (Å²) in [6, 6.07) is 0. The van der Waals surface area contributed by atoms with Crippen molar-refractivity contribution in [3.8, 4) is 0 Å². The van der Waals surface area contributed by atoms with Crippen molar-refractivity contribution in [2.75, 3.05) is 33.7 Å². The van der Waals surface area contributed by atoms with Crippen molar-refractivity contribution < 1.29 is 4.79 Å². The monoisotopic (exact) mass is 226 g/mol. The molecule has 16 heavy (non-hydrogen) atoms. The number of amides is 1. The second-order valence-corrected chi connectivity index (χ2v) is 4.66. The molecule has 1 unspecified atom stereocenters. The number of likely N-dealkylation sites (tertiary alicyclic amines) is 1. The molecule has 0 aliphatic carbocycles. The lowest BCUT2D eigenvalue weighted by molar-refractivity contribution is -0.127. The Hall–Kier alpha value is -1.26. The molecular formula is C11H22N4O. The van der Waals surface area contributed by atoms with Crippen molar-refractivity contribution in [1.29, 1.82) is 0 Å². The number of hydrogen-bond donors (Lipinski definition) is 1. The number of guanidine groups is 1. The van der Waals surface area contributed by atoms with Crippen molar-refractivity contribution in [2.45, 2.75) is 19.8 Å². The molecule has 0 radical (unpaired) electrons. The van der Waals surface area contributed by atoms with Gasteiger partial charge in [-0.3, -0.25) is 4.79 Å². The fourth-order valence-electron chi connectivity index (χ4n) is 1.79. The van der Waals surface area contributed by atoms with Crippen LogP contribution in [0.15, 0.2) is 4.99 Å². The predicted molar refractivity (Wildman–Crippen MR) is 65.2 cm³/mol. The molecular weight excluding hydrogens is 204 g/mol. The molecule has 2 N–H and O–H groups in total. The van der Waals surface area contributed by atoms with Gasteiger partial charge in [0, 0.05) is 27.2 Å². The molecule has 92 valence electrons. The SMILES string of the molecule is CC1CCCN(C(N)=NCC(=O)N(C)C)C1. The van der Waals surface area contributed by atoms with Crippen molar-refractivity contribution >= 4 is 11.9 Å². The Morgan fingerprint density at radius 3 is 2.81 bits per heavy atom. The zero-order chi connectivity index (χ0) is 12.1. The van der Waals surface area contributed by atoms with Crippen LogP contribution in [0.2, 0.25) is 0 Å². The maximum Gasteiger partial charge on any atom is 0.243 e. The van der Waals surface area contributed by atoms with Gasteiger partial charge in [-0.05, 0) is 18.8 Å². The molecule has 0 bridgehead atoms. The number of carbonyl (C=O) groups excluding carboxylic acids is 1. The second-order valence-electron chi connectivity index (χ2n) is 4.66. The zero-order valence-electron chi connectivity index (χ0n) is 10.4. The lowest BCUT2D eigenvalue weighted by Crippen LogP contribution is -2.44. The molecule has 1 heterocycles. The van der Waals surface area contributed by atoms with Crippen molar-refractivity contribution in [2.24, 2.45) is 16.6 Å². The van der Waals surface area contributed by atoms with E-state index in [1.54, 1.807) is 14.1 Å².